The normalized spacial score (nSPS) is 12.0. The minimum atomic E-state index is 0.451. The van der Waals surface area contributed by atoms with E-state index in [4.69, 9.17) is 4.74 Å². The molecule has 0 aliphatic heterocycles. The van der Waals surface area contributed by atoms with Crippen LogP contribution in [0.2, 0.25) is 0 Å². The van der Waals surface area contributed by atoms with Crippen LogP contribution in [-0.2, 0) is 6.42 Å². The fraction of sp³-hybridized carbons (Fsp3) is 0.368. The number of hydrogen-bond acceptors (Lipinski definition) is 2. The lowest BCUT2D eigenvalue weighted by atomic mass is 10.0. The Bertz CT molecular complexity index is 575. The zero-order valence-electron chi connectivity index (χ0n) is 13.4. The lowest BCUT2D eigenvalue weighted by Crippen LogP contribution is -2.16. The van der Waals surface area contributed by atoms with Gasteiger partial charge < -0.3 is 10.1 Å². The van der Waals surface area contributed by atoms with Crippen molar-refractivity contribution in [2.45, 2.75) is 39.7 Å². The van der Waals surface area contributed by atoms with Crippen molar-refractivity contribution in [2.24, 2.45) is 0 Å². The molecule has 0 aromatic heterocycles. The van der Waals surface area contributed by atoms with Crippen LogP contribution in [0.15, 0.2) is 42.5 Å². The number of aryl methyl sites for hydroxylation is 2. The Labute approximate surface area is 128 Å². The van der Waals surface area contributed by atoms with Gasteiger partial charge in [-0.2, -0.15) is 0 Å². The molecule has 112 valence electrons. The van der Waals surface area contributed by atoms with Crippen LogP contribution in [0.25, 0.3) is 0 Å². The minimum Gasteiger partial charge on any atom is -0.497 e. The van der Waals surface area contributed by atoms with Crippen molar-refractivity contribution in [3.63, 3.8) is 0 Å². The maximum Gasteiger partial charge on any atom is 0.118 e. The fourth-order valence-corrected chi connectivity index (χ4v) is 2.42. The van der Waals surface area contributed by atoms with E-state index in [1.807, 2.05) is 12.1 Å². The Kier molecular flexibility index (Phi) is 5.26. The Morgan fingerprint density at radius 2 is 1.76 bits per heavy atom. The van der Waals surface area contributed by atoms with Crippen molar-refractivity contribution in [1.82, 2.24) is 0 Å². The summed E-state index contributed by atoms with van der Waals surface area (Å²) in [6.45, 7) is 6.57. The van der Waals surface area contributed by atoms with Gasteiger partial charge in [0.2, 0.25) is 0 Å². The summed E-state index contributed by atoms with van der Waals surface area (Å²) in [4.78, 5) is 0. The molecule has 21 heavy (non-hydrogen) atoms. The summed E-state index contributed by atoms with van der Waals surface area (Å²) in [7, 11) is 1.70. The van der Waals surface area contributed by atoms with E-state index in [1.54, 1.807) is 7.11 Å². The molecular weight excluding hydrogens is 258 g/mol. The quantitative estimate of drug-likeness (QED) is 0.826. The molecule has 0 fully saturated rings. The second-order valence-corrected chi connectivity index (χ2v) is 5.68. The first-order chi connectivity index (χ1) is 10.1. The van der Waals surface area contributed by atoms with E-state index >= 15 is 0 Å². The van der Waals surface area contributed by atoms with Gasteiger partial charge in [0.25, 0.3) is 0 Å². The predicted octanol–water partition coefficient (Wildman–Crippen LogP) is 4.75. The molecule has 1 atom stereocenters. The molecule has 0 saturated heterocycles. The largest absolute Gasteiger partial charge is 0.497 e. The molecule has 0 radical (unpaired) electrons. The van der Waals surface area contributed by atoms with Crippen LogP contribution in [0, 0.1) is 13.8 Å². The van der Waals surface area contributed by atoms with Crippen LogP contribution in [0.4, 0.5) is 5.69 Å². The van der Waals surface area contributed by atoms with E-state index in [0.717, 1.165) is 18.6 Å². The average Bonchev–Trinajstić information content (AvgIpc) is 2.50. The monoisotopic (exact) mass is 283 g/mol. The van der Waals surface area contributed by atoms with Crippen molar-refractivity contribution in [1.29, 1.82) is 0 Å². The third-order valence-electron chi connectivity index (χ3n) is 4.03. The van der Waals surface area contributed by atoms with Crippen molar-refractivity contribution in [2.75, 3.05) is 12.4 Å². The molecule has 0 spiro atoms. The molecule has 0 bridgehead atoms. The van der Waals surface area contributed by atoms with Crippen LogP contribution in [0.3, 0.4) is 0 Å². The summed E-state index contributed by atoms with van der Waals surface area (Å²) < 4.78 is 5.19. The summed E-state index contributed by atoms with van der Waals surface area (Å²) in [5.41, 5.74) is 5.28. The van der Waals surface area contributed by atoms with Crippen molar-refractivity contribution in [3.8, 4) is 5.75 Å². The molecule has 2 nitrogen and oxygen atoms in total. The van der Waals surface area contributed by atoms with E-state index in [-0.39, 0.29) is 0 Å². The standard InChI is InChI=1S/C19H25NO/c1-14-6-5-7-19(16(14)3)20-15(2)8-9-17-10-12-18(21-4)13-11-17/h5-7,10-13,15,20H,8-9H2,1-4H3. The first-order valence-electron chi connectivity index (χ1n) is 7.56. The predicted molar refractivity (Wildman–Crippen MR) is 90.3 cm³/mol. The maximum atomic E-state index is 5.19. The van der Waals surface area contributed by atoms with Crippen LogP contribution in [-0.4, -0.2) is 13.2 Å². The van der Waals surface area contributed by atoms with Crippen molar-refractivity contribution in [3.05, 3.63) is 59.2 Å². The Hall–Kier alpha value is -1.96. The molecule has 1 N–H and O–H groups in total. The Morgan fingerprint density at radius 1 is 1.05 bits per heavy atom. The van der Waals surface area contributed by atoms with Crippen molar-refractivity contribution >= 4 is 5.69 Å². The zero-order valence-corrected chi connectivity index (χ0v) is 13.4. The second kappa shape index (κ2) is 7.16. The highest BCUT2D eigenvalue weighted by molar-refractivity contribution is 5.54. The smallest absolute Gasteiger partial charge is 0.118 e. The molecule has 2 rings (SSSR count). The number of ether oxygens (including phenoxy) is 1. The molecule has 0 amide bonds. The number of nitrogens with one attached hydrogen (secondary N) is 1. The summed E-state index contributed by atoms with van der Waals surface area (Å²) in [6, 6.07) is 15.2. The van der Waals surface area contributed by atoms with Gasteiger partial charge in [0, 0.05) is 11.7 Å². The molecule has 0 aliphatic rings. The number of benzene rings is 2. The third kappa shape index (κ3) is 4.25. The maximum absolute atomic E-state index is 5.19. The van der Waals surface area contributed by atoms with E-state index in [1.165, 1.54) is 22.4 Å². The van der Waals surface area contributed by atoms with Gasteiger partial charge >= 0.3 is 0 Å². The van der Waals surface area contributed by atoms with Crippen molar-refractivity contribution < 1.29 is 4.74 Å². The topological polar surface area (TPSA) is 21.3 Å². The Balaban J connectivity index is 1.89. The molecule has 0 saturated carbocycles. The third-order valence-corrected chi connectivity index (χ3v) is 4.03. The summed E-state index contributed by atoms with van der Waals surface area (Å²) >= 11 is 0. The lowest BCUT2D eigenvalue weighted by molar-refractivity contribution is 0.414. The number of rotatable bonds is 6. The fourth-order valence-electron chi connectivity index (χ4n) is 2.42. The van der Waals surface area contributed by atoms with Gasteiger partial charge in [-0.3, -0.25) is 0 Å². The van der Waals surface area contributed by atoms with Gasteiger partial charge in [-0.25, -0.2) is 0 Å². The molecule has 1 unspecified atom stereocenters. The van der Waals surface area contributed by atoms with Gasteiger partial charge in [-0.15, -0.1) is 0 Å². The van der Waals surface area contributed by atoms with Crippen LogP contribution >= 0.6 is 0 Å². The first kappa shape index (κ1) is 15.4. The minimum absolute atomic E-state index is 0.451. The second-order valence-electron chi connectivity index (χ2n) is 5.68. The van der Waals surface area contributed by atoms with Crippen LogP contribution < -0.4 is 10.1 Å². The molecule has 2 aromatic rings. The molecular formula is C19H25NO. The van der Waals surface area contributed by atoms with E-state index in [0.29, 0.717) is 6.04 Å². The SMILES string of the molecule is COc1ccc(CCC(C)Nc2cccc(C)c2C)cc1. The lowest BCUT2D eigenvalue weighted by Gasteiger charge is -2.18. The first-order valence-corrected chi connectivity index (χ1v) is 7.56. The van der Waals surface area contributed by atoms with Gasteiger partial charge in [0.15, 0.2) is 0 Å². The van der Waals surface area contributed by atoms with E-state index in [2.05, 4.69) is 56.4 Å². The summed E-state index contributed by atoms with van der Waals surface area (Å²) in [5.74, 6) is 0.917. The molecule has 0 aliphatic carbocycles. The molecule has 2 aromatic carbocycles. The van der Waals surface area contributed by atoms with E-state index < -0.39 is 0 Å². The summed E-state index contributed by atoms with van der Waals surface area (Å²) in [5, 5.41) is 3.62. The van der Waals surface area contributed by atoms with Gasteiger partial charge in [0.05, 0.1) is 7.11 Å². The zero-order chi connectivity index (χ0) is 15.2. The molecule has 2 heteroatoms. The number of hydrogen-bond donors (Lipinski definition) is 1. The van der Waals surface area contributed by atoms with Gasteiger partial charge in [0.1, 0.15) is 5.75 Å². The summed E-state index contributed by atoms with van der Waals surface area (Å²) in [6.07, 6.45) is 2.18. The van der Waals surface area contributed by atoms with Gasteiger partial charge in [-0.1, -0.05) is 24.3 Å². The number of anilines is 1. The Morgan fingerprint density at radius 3 is 2.43 bits per heavy atom. The molecule has 0 heterocycles. The highest BCUT2D eigenvalue weighted by Crippen LogP contribution is 2.20. The van der Waals surface area contributed by atoms with Crippen LogP contribution in [0.1, 0.15) is 30.0 Å². The van der Waals surface area contributed by atoms with E-state index in [9.17, 15) is 0 Å². The average molecular weight is 283 g/mol. The number of methoxy groups -OCH3 is 1. The van der Waals surface area contributed by atoms with Gasteiger partial charge in [-0.05, 0) is 68.5 Å². The highest BCUT2D eigenvalue weighted by Gasteiger charge is 2.06. The highest BCUT2D eigenvalue weighted by atomic mass is 16.5. The van der Waals surface area contributed by atoms with Crippen LogP contribution in [0.5, 0.6) is 5.75 Å².